The number of sulfonamides is 1. The summed E-state index contributed by atoms with van der Waals surface area (Å²) in [5, 5.41) is 0.455. The van der Waals surface area contributed by atoms with Gasteiger partial charge >= 0.3 is 0 Å². The molecule has 2 aromatic carbocycles. The third-order valence-corrected chi connectivity index (χ3v) is 4.40. The minimum absolute atomic E-state index is 0.226. The Labute approximate surface area is 117 Å². The number of benzene rings is 2. The second-order valence-corrected chi connectivity index (χ2v) is 6.19. The average molecular weight is 297 g/mol. The van der Waals surface area contributed by atoms with Crippen molar-refractivity contribution >= 4 is 33.0 Å². The van der Waals surface area contributed by atoms with Gasteiger partial charge in [0.25, 0.3) is 10.0 Å². The smallest absolute Gasteiger partial charge is 0.262 e. The number of rotatable bonds is 3. The minimum atomic E-state index is -3.65. The van der Waals surface area contributed by atoms with Gasteiger partial charge in [0.15, 0.2) is 0 Å². The molecule has 0 aliphatic carbocycles. The predicted octanol–water partition coefficient (Wildman–Crippen LogP) is 3.03. The van der Waals surface area contributed by atoms with Gasteiger partial charge in [0.05, 0.1) is 16.3 Å². The van der Waals surface area contributed by atoms with E-state index in [1.807, 2.05) is 0 Å². The molecule has 0 aliphatic rings. The van der Waals surface area contributed by atoms with Crippen molar-refractivity contribution in [1.82, 2.24) is 0 Å². The molecule has 0 bridgehead atoms. The van der Waals surface area contributed by atoms with E-state index in [0.717, 1.165) is 0 Å². The molecule has 4 nitrogen and oxygen atoms in total. The van der Waals surface area contributed by atoms with Crippen LogP contribution in [-0.2, 0) is 10.0 Å². The molecule has 0 atom stereocenters. The molecule has 0 fully saturated rings. The van der Waals surface area contributed by atoms with Gasteiger partial charge in [-0.15, -0.1) is 0 Å². The molecule has 19 heavy (non-hydrogen) atoms. The fraction of sp³-hybridized carbons (Fsp3) is 0.0769. The Kier molecular flexibility index (Phi) is 3.68. The van der Waals surface area contributed by atoms with Gasteiger partial charge in [0.1, 0.15) is 0 Å². The standard InChI is InChI=1S/C13H13ClN2O2S/c1-9-4-2-3-5-13(9)19(17,18)16-12-7-6-10(14)8-11(12)15/h2-8,16H,15H2,1H3. The fourth-order valence-corrected chi connectivity index (χ4v) is 3.20. The van der Waals surface area contributed by atoms with Crippen molar-refractivity contribution < 1.29 is 8.42 Å². The maximum atomic E-state index is 12.3. The molecule has 3 N–H and O–H groups in total. The van der Waals surface area contributed by atoms with E-state index in [2.05, 4.69) is 4.72 Å². The van der Waals surface area contributed by atoms with Crippen LogP contribution in [0.1, 0.15) is 5.56 Å². The zero-order chi connectivity index (χ0) is 14.0. The second-order valence-electron chi connectivity index (χ2n) is 4.10. The lowest BCUT2D eigenvalue weighted by molar-refractivity contribution is 0.600. The van der Waals surface area contributed by atoms with Crippen LogP contribution in [0, 0.1) is 6.92 Å². The van der Waals surface area contributed by atoms with Crippen molar-refractivity contribution in [1.29, 1.82) is 0 Å². The van der Waals surface area contributed by atoms with Gasteiger partial charge in [-0.05, 0) is 36.8 Å². The van der Waals surface area contributed by atoms with Crippen molar-refractivity contribution in [2.24, 2.45) is 0 Å². The second kappa shape index (κ2) is 5.11. The quantitative estimate of drug-likeness (QED) is 0.855. The molecule has 0 spiro atoms. The summed E-state index contributed by atoms with van der Waals surface area (Å²) in [6.07, 6.45) is 0. The van der Waals surface area contributed by atoms with E-state index in [9.17, 15) is 8.42 Å². The molecule has 0 radical (unpaired) electrons. The van der Waals surface area contributed by atoms with Crippen molar-refractivity contribution in [2.75, 3.05) is 10.5 Å². The first-order valence-electron chi connectivity index (χ1n) is 5.53. The fourth-order valence-electron chi connectivity index (χ4n) is 1.68. The van der Waals surface area contributed by atoms with Crippen LogP contribution in [0.4, 0.5) is 11.4 Å². The van der Waals surface area contributed by atoms with Gasteiger partial charge in [-0.1, -0.05) is 29.8 Å². The monoisotopic (exact) mass is 296 g/mol. The summed E-state index contributed by atoms with van der Waals surface area (Å²) in [4.78, 5) is 0.226. The molecule has 0 amide bonds. The first kappa shape index (κ1) is 13.7. The number of nitrogens with two attached hydrogens (primary N) is 1. The van der Waals surface area contributed by atoms with Crippen LogP contribution in [0.2, 0.25) is 5.02 Å². The van der Waals surface area contributed by atoms with Crippen LogP contribution in [0.15, 0.2) is 47.4 Å². The molecule has 0 saturated heterocycles. The van der Waals surface area contributed by atoms with Crippen LogP contribution in [0.25, 0.3) is 0 Å². The van der Waals surface area contributed by atoms with Crippen LogP contribution >= 0.6 is 11.6 Å². The van der Waals surface area contributed by atoms with E-state index in [1.165, 1.54) is 12.1 Å². The predicted molar refractivity (Wildman–Crippen MR) is 77.9 cm³/mol. The number of hydrogen-bond acceptors (Lipinski definition) is 3. The van der Waals surface area contributed by atoms with E-state index < -0.39 is 10.0 Å². The Hall–Kier alpha value is -1.72. The number of anilines is 2. The topological polar surface area (TPSA) is 72.2 Å². The lowest BCUT2D eigenvalue weighted by Crippen LogP contribution is -2.15. The van der Waals surface area contributed by atoms with Gasteiger partial charge in [0, 0.05) is 5.02 Å². The van der Waals surface area contributed by atoms with Crippen LogP contribution < -0.4 is 10.5 Å². The lowest BCUT2D eigenvalue weighted by atomic mass is 10.2. The molecule has 0 unspecified atom stereocenters. The number of halogens is 1. The van der Waals surface area contributed by atoms with Crippen molar-refractivity contribution in [3.05, 3.63) is 53.1 Å². The normalized spacial score (nSPS) is 11.3. The average Bonchev–Trinajstić information content (AvgIpc) is 2.33. The highest BCUT2D eigenvalue weighted by Crippen LogP contribution is 2.26. The van der Waals surface area contributed by atoms with E-state index >= 15 is 0 Å². The third kappa shape index (κ3) is 3.00. The van der Waals surface area contributed by atoms with Crippen LogP contribution in [0.5, 0.6) is 0 Å². The maximum Gasteiger partial charge on any atom is 0.262 e. The van der Waals surface area contributed by atoms with Crippen molar-refractivity contribution in [3.8, 4) is 0 Å². The highest BCUT2D eigenvalue weighted by Gasteiger charge is 2.17. The lowest BCUT2D eigenvalue weighted by Gasteiger charge is -2.12. The Morgan fingerprint density at radius 1 is 1.16 bits per heavy atom. The Bertz CT molecular complexity index is 714. The Morgan fingerprint density at radius 3 is 2.47 bits per heavy atom. The zero-order valence-corrected chi connectivity index (χ0v) is 11.8. The maximum absolute atomic E-state index is 12.3. The summed E-state index contributed by atoms with van der Waals surface area (Å²) in [6, 6.07) is 11.3. The molecule has 2 aromatic rings. The van der Waals surface area contributed by atoms with Crippen molar-refractivity contribution in [3.63, 3.8) is 0 Å². The SMILES string of the molecule is Cc1ccccc1S(=O)(=O)Nc1ccc(Cl)cc1N. The minimum Gasteiger partial charge on any atom is -0.397 e. The number of nitrogen functional groups attached to an aromatic ring is 1. The van der Waals surface area contributed by atoms with Gasteiger partial charge in [0.2, 0.25) is 0 Å². The Morgan fingerprint density at radius 2 is 1.84 bits per heavy atom. The van der Waals surface area contributed by atoms with Gasteiger partial charge in [-0.3, -0.25) is 4.72 Å². The summed E-state index contributed by atoms with van der Waals surface area (Å²) < 4.78 is 27.0. The number of nitrogens with one attached hydrogen (secondary N) is 1. The molecule has 0 aromatic heterocycles. The highest BCUT2D eigenvalue weighted by atomic mass is 35.5. The summed E-state index contributed by atoms with van der Waals surface area (Å²) in [7, 11) is -3.65. The molecule has 6 heteroatoms. The van der Waals surface area contributed by atoms with Gasteiger partial charge in [-0.25, -0.2) is 8.42 Å². The summed E-state index contributed by atoms with van der Waals surface area (Å²) in [6.45, 7) is 1.74. The van der Waals surface area contributed by atoms with E-state index in [-0.39, 0.29) is 10.6 Å². The van der Waals surface area contributed by atoms with E-state index in [1.54, 1.807) is 37.3 Å². The molecular formula is C13H13ClN2O2S. The summed E-state index contributed by atoms with van der Waals surface area (Å²) >= 11 is 5.77. The summed E-state index contributed by atoms with van der Waals surface area (Å²) in [5.74, 6) is 0. The molecule has 0 saturated carbocycles. The summed E-state index contributed by atoms with van der Waals surface area (Å²) in [5.41, 5.74) is 7.00. The number of hydrogen-bond donors (Lipinski definition) is 2. The zero-order valence-electron chi connectivity index (χ0n) is 10.2. The van der Waals surface area contributed by atoms with Crippen molar-refractivity contribution in [2.45, 2.75) is 11.8 Å². The highest BCUT2D eigenvalue weighted by molar-refractivity contribution is 7.92. The molecule has 100 valence electrons. The van der Waals surface area contributed by atoms with E-state index in [4.69, 9.17) is 17.3 Å². The third-order valence-electron chi connectivity index (χ3n) is 2.64. The largest absolute Gasteiger partial charge is 0.397 e. The van der Waals surface area contributed by atoms with Gasteiger partial charge < -0.3 is 5.73 Å². The number of aryl methyl sites for hydroxylation is 1. The molecular weight excluding hydrogens is 284 g/mol. The van der Waals surface area contributed by atoms with E-state index in [0.29, 0.717) is 16.3 Å². The first-order valence-corrected chi connectivity index (χ1v) is 7.40. The Balaban J connectivity index is 2.40. The molecule has 2 rings (SSSR count). The van der Waals surface area contributed by atoms with Crippen LogP contribution in [-0.4, -0.2) is 8.42 Å². The van der Waals surface area contributed by atoms with Crippen LogP contribution in [0.3, 0.4) is 0 Å². The van der Waals surface area contributed by atoms with Gasteiger partial charge in [-0.2, -0.15) is 0 Å². The first-order chi connectivity index (χ1) is 8.90. The molecule has 0 aliphatic heterocycles. The molecule has 0 heterocycles.